The van der Waals surface area contributed by atoms with Crippen molar-refractivity contribution in [2.24, 2.45) is 0 Å². The molecule has 3 aromatic rings. The van der Waals surface area contributed by atoms with Gasteiger partial charge >= 0.3 is 0 Å². The van der Waals surface area contributed by atoms with E-state index in [-0.39, 0.29) is 11.9 Å². The SMILES string of the molecule is CC(NC(=O)c1cc(N2CCN(c3ncccn3)CC2)ncn1)c1ccccc1. The molecular weight excluding hydrogens is 366 g/mol. The second-order valence-electron chi connectivity index (χ2n) is 6.89. The zero-order valence-corrected chi connectivity index (χ0v) is 16.3. The fourth-order valence-electron chi connectivity index (χ4n) is 3.33. The lowest BCUT2D eigenvalue weighted by Gasteiger charge is -2.35. The molecule has 8 nitrogen and oxygen atoms in total. The van der Waals surface area contributed by atoms with E-state index < -0.39 is 0 Å². The van der Waals surface area contributed by atoms with E-state index in [1.54, 1.807) is 18.5 Å². The van der Waals surface area contributed by atoms with Gasteiger partial charge in [0.1, 0.15) is 17.8 Å². The highest BCUT2D eigenvalue weighted by Crippen LogP contribution is 2.17. The van der Waals surface area contributed by atoms with Gasteiger partial charge in [-0.05, 0) is 18.6 Å². The molecule has 1 saturated heterocycles. The standard InChI is InChI=1S/C21H23N7O/c1-16(17-6-3-2-4-7-17)26-20(29)18-14-19(25-15-24-18)27-10-12-28(13-11-27)21-22-8-5-9-23-21/h2-9,14-16H,10-13H2,1H3,(H,26,29). The van der Waals surface area contributed by atoms with E-state index in [1.165, 1.54) is 6.33 Å². The number of carbonyl (C=O) groups is 1. The van der Waals surface area contributed by atoms with Gasteiger partial charge in [0.2, 0.25) is 5.95 Å². The molecule has 1 unspecified atom stereocenters. The molecule has 0 aliphatic carbocycles. The Labute approximate surface area is 169 Å². The first-order valence-electron chi connectivity index (χ1n) is 9.65. The summed E-state index contributed by atoms with van der Waals surface area (Å²) in [7, 11) is 0. The minimum Gasteiger partial charge on any atom is -0.353 e. The van der Waals surface area contributed by atoms with Crippen LogP contribution in [-0.4, -0.2) is 52.0 Å². The Balaban J connectivity index is 1.39. The van der Waals surface area contributed by atoms with Crippen LogP contribution in [-0.2, 0) is 0 Å². The van der Waals surface area contributed by atoms with Crippen molar-refractivity contribution in [3.05, 3.63) is 72.4 Å². The topological polar surface area (TPSA) is 87.1 Å². The van der Waals surface area contributed by atoms with Crippen molar-refractivity contribution in [2.75, 3.05) is 36.0 Å². The van der Waals surface area contributed by atoms with E-state index >= 15 is 0 Å². The predicted octanol–water partition coefficient (Wildman–Crippen LogP) is 2.08. The van der Waals surface area contributed by atoms with Crippen LogP contribution in [0.1, 0.15) is 29.0 Å². The molecule has 1 aromatic carbocycles. The molecule has 29 heavy (non-hydrogen) atoms. The van der Waals surface area contributed by atoms with Gasteiger partial charge in [-0.3, -0.25) is 4.79 Å². The summed E-state index contributed by atoms with van der Waals surface area (Å²) in [5, 5.41) is 3.00. The third-order valence-electron chi connectivity index (χ3n) is 4.97. The second kappa shape index (κ2) is 8.64. The first kappa shape index (κ1) is 18.8. The minimum atomic E-state index is -0.207. The molecule has 3 heterocycles. The van der Waals surface area contributed by atoms with Crippen LogP contribution >= 0.6 is 0 Å². The Hall–Kier alpha value is -3.55. The van der Waals surface area contributed by atoms with Gasteiger partial charge in [0, 0.05) is 44.6 Å². The number of aromatic nitrogens is 4. The first-order valence-corrected chi connectivity index (χ1v) is 9.65. The Kier molecular flexibility index (Phi) is 5.60. The number of piperazine rings is 1. The molecule has 0 saturated carbocycles. The maximum atomic E-state index is 12.7. The van der Waals surface area contributed by atoms with Crippen molar-refractivity contribution in [3.63, 3.8) is 0 Å². The van der Waals surface area contributed by atoms with Gasteiger partial charge in [-0.25, -0.2) is 19.9 Å². The number of benzene rings is 1. The molecular formula is C21H23N7O. The van der Waals surface area contributed by atoms with Crippen molar-refractivity contribution in [1.82, 2.24) is 25.3 Å². The maximum absolute atomic E-state index is 12.7. The van der Waals surface area contributed by atoms with Crippen LogP contribution in [0.2, 0.25) is 0 Å². The molecule has 1 amide bonds. The monoisotopic (exact) mass is 389 g/mol. The van der Waals surface area contributed by atoms with Gasteiger partial charge in [-0.1, -0.05) is 30.3 Å². The number of hydrogen-bond acceptors (Lipinski definition) is 7. The van der Waals surface area contributed by atoms with E-state index in [1.807, 2.05) is 43.3 Å². The fourth-order valence-corrected chi connectivity index (χ4v) is 3.33. The van der Waals surface area contributed by atoms with E-state index in [9.17, 15) is 4.79 Å². The van der Waals surface area contributed by atoms with E-state index in [0.717, 1.165) is 43.5 Å². The predicted molar refractivity (Wildman–Crippen MR) is 111 cm³/mol. The van der Waals surface area contributed by atoms with Crippen LogP contribution in [0.3, 0.4) is 0 Å². The van der Waals surface area contributed by atoms with Crippen LogP contribution in [0.4, 0.5) is 11.8 Å². The summed E-state index contributed by atoms with van der Waals surface area (Å²) in [4.78, 5) is 34.1. The number of rotatable bonds is 5. The molecule has 2 aromatic heterocycles. The summed E-state index contributed by atoms with van der Waals surface area (Å²) in [6, 6.07) is 13.3. The Morgan fingerprint density at radius 3 is 2.34 bits per heavy atom. The lowest BCUT2D eigenvalue weighted by atomic mass is 10.1. The minimum absolute atomic E-state index is 0.100. The molecule has 0 spiro atoms. The van der Waals surface area contributed by atoms with Gasteiger partial charge in [0.25, 0.3) is 5.91 Å². The highest BCUT2D eigenvalue weighted by Gasteiger charge is 2.21. The molecule has 1 aliphatic heterocycles. The van der Waals surface area contributed by atoms with Gasteiger partial charge in [-0.2, -0.15) is 0 Å². The van der Waals surface area contributed by atoms with Crippen LogP contribution in [0.25, 0.3) is 0 Å². The lowest BCUT2D eigenvalue weighted by molar-refractivity contribution is 0.0934. The van der Waals surface area contributed by atoms with Gasteiger partial charge in [0.15, 0.2) is 0 Å². The molecule has 1 N–H and O–H groups in total. The molecule has 1 fully saturated rings. The summed E-state index contributed by atoms with van der Waals surface area (Å²) in [6.45, 7) is 5.09. The summed E-state index contributed by atoms with van der Waals surface area (Å²) in [5.74, 6) is 1.29. The van der Waals surface area contributed by atoms with Crippen molar-refractivity contribution in [3.8, 4) is 0 Å². The molecule has 8 heteroatoms. The maximum Gasteiger partial charge on any atom is 0.270 e. The third-order valence-corrected chi connectivity index (χ3v) is 4.97. The molecule has 1 atom stereocenters. The Morgan fingerprint density at radius 2 is 1.62 bits per heavy atom. The van der Waals surface area contributed by atoms with E-state index in [0.29, 0.717) is 5.69 Å². The fraction of sp³-hybridized carbons (Fsp3) is 0.286. The second-order valence-corrected chi connectivity index (χ2v) is 6.89. The van der Waals surface area contributed by atoms with Crippen molar-refractivity contribution < 1.29 is 4.79 Å². The number of anilines is 2. The van der Waals surface area contributed by atoms with Crippen LogP contribution in [0.5, 0.6) is 0 Å². The highest BCUT2D eigenvalue weighted by molar-refractivity contribution is 5.93. The van der Waals surface area contributed by atoms with Crippen molar-refractivity contribution in [2.45, 2.75) is 13.0 Å². The molecule has 1 aliphatic rings. The van der Waals surface area contributed by atoms with Crippen LogP contribution < -0.4 is 15.1 Å². The number of carbonyl (C=O) groups excluding carboxylic acids is 1. The summed E-state index contributed by atoms with van der Waals surface area (Å²) >= 11 is 0. The normalized spacial score (nSPS) is 15.1. The van der Waals surface area contributed by atoms with E-state index in [4.69, 9.17) is 0 Å². The number of nitrogens with zero attached hydrogens (tertiary/aromatic N) is 6. The van der Waals surface area contributed by atoms with Crippen molar-refractivity contribution >= 4 is 17.7 Å². The van der Waals surface area contributed by atoms with E-state index in [2.05, 4.69) is 35.1 Å². The van der Waals surface area contributed by atoms with Crippen molar-refractivity contribution in [1.29, 1.82) is 0 Å². The van der Waals surface area contributed by atoms with Crippen LogP contribution in [0, 0.1) is 0 Å². The largest absolute Gasteiger partial charge is 0.353 e. The highest BCUT2D eigenvalue weighted by atomic mass is 16.1. The smallest absolute Gasteiger partial charge is 0.270 e. The number of amides is 1. The zero-order chi connectivity index (χ0) is 20.1. The number of nitrogens with one attached hydrogen (secondary N) is 1. The van der Waals surface area contributed by atoms with Crippen LogP contribution in [0.15, 0.2) is 61.2 Å². The Morgan fingerprint density at radius 1 is 0.931 bits per heavy atom. The average molecular weight is 389 g/mol. The molecule has 4 rings (SSSR count). The van der Waals surface area contributed by atoms with Gasteiger partial charge < -0.3 is 15.1 Å². The summed E-state index contributed by atoms with van der Waals surface area (Å²) in [5.41, 5.74) is 1.42. The average Bonchev–Trinajstić information content (AvgIpc) is 2.80. The zero-order valence-electron chi connectivity index (χ0n) is 16.3. The van der Waals surface area contributed by atoms with Gasteiger partial charge in [-0.15, -0.1) is 0 Å². The van der Waals surface area contributed by atoms with Gasteiger partial charge in [0.05, 0.1) is 6.04 Å². The Bertz CT molecular complexity index is 944. The summed E-state index contributed by atoms with van der Waals surface area (Å²) in [6.07, 6.45) is 4.95. The lowest BCUT2D eigenvalue weighted by Crippen LogP contribution is -2.47. The third kappa shape index (κ3) is 4.48. The quantitative estimate of drug-likeness (QED) is 0.715. The molecule has 148 valence electrons. The number of hydrogen-bond donors (Lipinski definition) is 1. The molecule has 0 bridgehead atoms. The summed E-state index contributed by atoms with van der Waals surface area (Å²) < 4.78 is 0. The first-order chi connectivity index (χ1) is 14.2. The molecule has 0 radical (unpaired) electrons.